The second-order valence-corrected chi connectivity index (χ2v) is 4.31. The van der Waals surface area contributed by atoms with Gasteiger partial charge in [-0.15, -0.1) is 0 Å². The lowest BCUT2D eigenvalue weighted by Crippen LogP contribution is -2.43. The van der Waals surface area contributed by atoms with Gasteiger partial charge in [-0.1, -0.05) is 5.16 Å². The van der Waals surface area contributed by atoms with Crippen LogP contribution in [0.3, 0.4) is 0 Å². The van der Waals surface area contributed by atoms with Crippen LogP contribution in [0.4, 0.5) is 8.78 Å². The molecule has 2 rings (SSSR count). The van der Waals surface area contributed by atoms with Crippen LogP contribution in [0, 0.1) is 6.92 Å². The molecule has 0 spiro atoms. The lowest BCUT2D eigenvalue weighted by molar-refractivity contribution is -0.0515. The monoisotopic (exact) mass is 216 g/mol. The molecule has 0 aromatic carbocycles. The number of nitrogens with two attached hydrogens (primary N) is 1. The smallest absolute Gasteiger partial charge is 0.248 e. The number of aromatic nitrogens is 1. The number of hydrogen-bond acceptors (Lipinski definition) is 3. The Hall–Kier alpha value is -0.970. The molecule has 2 N–H and O–H groups in total. The van der Waals surface area contributed by atoms with Crippen molar-refractivity contribution in [3.63, 3.8) is 0 Å². The Bertz CT molecular complexity index is 352. The molecule has 0 saturated heterocycles. The molecule has 0 bridgehead atoms. The summed E-state index contributed by atoms with van der Waals surface area (Å²) >= 11 is 0. The molecule has 0 radical (unpaired) electrons. The summed E-state index contributed by atoms with van der Waals surface area (Å²) < 4.78 is 30.9. The second-order valence-electron chi connectivity index (χ2n) is 4.31. The lowest BCUT2D eigenvalue weighted by Gasteiger charge is -2.36. The molecule has 3 nitrogen and oxygen atoms in total. The molecule has 15 heavy (non-hydrogen) atoms. The van der Waals surface area contributed by atoms with E-state index in [1.807, 2.05) is 0 Å². The van der Waals surface area contributed by atoms with Gasteiger partial charge in [-0.25, -0.2) is 8.78 Å². The lowest BCUT2D eigenvalue weighted by atomic mass is 9.76. The third-order valence-electron chi connectivity index (χ3n) is 3.16. The van der Waals surface area contributed by atoms with E-state index in [0.29, 0.717) is 5.76 Å². The van der Waals surface area contributed by atoms with E-state index in [1.54, 1.807) is 13.1 Å². The predicted octanol–water partition coefficient (Wildman–Crippen LogP) is 2.35. The fourth-order valence-corrected chi connectivity index (χ4v) is 2.11. The first-order chi connectivity index (χ1) is 6.93. The minimum atomic E-state index is -2.56. The first-order valence-electron chi connectivity index (χ1n) is 5.01. The molecule has 0 unspecified atom stereocenters. The van der Waals surface area contributed by atoms with E-state index in [4.69, 9.17) is 10.3 Å². The van der Waals surface area contributed by atoms with Crippen LogP contribution in [0.15, 0.2) is 10.7 Å². The largest absolute Gasteiger partial charge is 0.361 e. The van der Waals surface area contributed by atoms with Crippen molar-refractivity contribution in [3.05, 3.63) is 17.5 Å². The summed E-state index contributed by atoms with van der Waals surface area (Å²) in [6.07, 6.45) is 1.78. The normalized spacial score (nSPS) is 24.0. The molecular formula is C10H14F2N2O. The predicted molar refractivity (Wildman–Crippen MR) is 50.5 cm³/mol. The fraction of sp³-hybridized carbons (Fsp3) is 0.700. The highest BCUT2D eigenvalue weighted by Gasteiger charge is 2.43. The van der Waals surface area contributed by atoms with Crippen molar-refractivity contribution in [1.29, 1.82) is 0 Å². The van der Waals surface area contributed by atoms with Crippen molar-refractivity contribution >= 4 is 0 Å². The van der Waals surface area contributed by atoms with Gasteiger partial charge in [0.2, 0.25) is 5.92 Å². The summed E-state index contributed by atoms with van der Waals surface area (Å²) in [5.74, 6) is -1.93. The van der Waals surface area contributed by atoms with E-state index in [9.17, 15) is 8.78 Å². The van der Waals surface area contributed by atoms with Crippen LogP contribution in [0.1, 0.15) is 37.0 Å². The molecule has 1 aromatic rings. The first kappa shape index (κ1) is 10.5. The van der Waals surface area contributed by atoms with Crippen LogP contribution in [-0.2, 0) is 5.54 Å². The summed E-state index contributed by atoms with van der Waals surface area (Å²) in [5, 5.41) is 3.64. The Morgan fingerprint density at radius 3 is 2.40 bits per heavy atom. The van der Waals surface area contributed by atoms with Crippen molar-refractivity contribution < 1.29 is 13.3 Å². The van der Waals surface area contributed by atoms with E-state index in [0.717, 1.165) is 5.56 Å². The van der Waals surface area contributed by atoms with Crippen molar-refractivity contribution in [1.82, 2.24) is 5.16 Å². The van der Waals surface area contributed by atoms with Gasteiger partial charge in [0.1, 0.15) is 5.76 Å². The molecule has 0 amide bonds. The van der Waals surface area contributed by atoms with Gasteiger partial charge in [-0.3, -0.25) is 0 Å². The maximum Gasteiger partial charge on any atom is 0.248 e. The number of alkyl halides is 2. The summed E-state index contributed by atoms with van der Waals surface area (Å²) in [6, 6.07) is 0. The molecule has 0 atom stereocenters. The van der Waals surface area contributed by atoms with Gasteiger partial charge in [0.05, 0.1) is 6.20 Å². The Balaban J connectivity index is 2.20. The van der Waals surface area contributed by atoms with Crippen LogP contribution in [0.2, 0.25) is 0 Å². The van der Waals surface area contributed by atoms with E-state index < -0.39 is 11.5 Å². The molecule has 5 heteroatoms. The highest BCUT2D eigenvalue weighted by Crippen LogP contribution is 2.42. The number of halogens is 2. The maximum atomic E-state index is 13.0. The highest BCUT2D eigenvalue weighted by atomic mass is 19.3. The summed E-state index contributed by atoms with van der Waals surface area (Å²) in [6.45, 7) is 1.75. The summed E-state index contributed by atoms with van der Waals surface area (Å²) in [5.41, 5.74) is 6.19. The van der Waals surface area contributed by atoms with Gasteiger partial charge >= 0.3 is 0 Å². The average Bonchev–Trinajstić information content (AvgIpc) is 2.58. The second kappa shape index (κ2) is 3.27. The van der Waals surface area contributed by atoms with Crippen LogP contribution < -0.4 is 5.73 Å². The number of nitrogens with zero attached hydrogens (tertiary/aromatic N) is 1. The van der Waals surface area contributed by atoms with Gasteiger partial charge < -0.3 is 10.3 Å². The van der Waals surface area contributed by atoms with Crippen molar-refractivity contribution in [2.45, 2.75) is 44.1 Å². The zero-order chi connectivity index (χ0) is 11.1. The van der Waals surface area contributed by atoms with E-state index >= 15 is 0 Å². The molecule has 1 saturated carbocycles. The van der Waals surface area contributed by atoms with Crippen LogP contribution in [0.25, 0.3) is 0 Å². The third-order valence-corrected chi connectivity index (χ3v) is 3.16. The van der Waals surface area contributed by atoms with E-state index in [-0.39, 0.29) is 25.7 Å². The standard InChI is InChI=1S/C10H14F2N2O/c1-7-8(6-14-15-7)9(13)2-4-10(11,12)5-3-9/h6H,2-5,13H2,1H3. The quantitative estimate of drug-likeness (QED) is 0.783. The molecule has 1 heterocycles. The molecule has 1 aliphatic rings. The topological polar surface area (TPSA) is 52.0 Å². The van der Waals surface area contributed by atoms with Gasteiger partial charge in [0.25, 0.3) is 0 Å². The Morgan fingerprint density at radius 1 is 1.33 bits per heavy atom. The summed E-state index contributed by atoms with van der Waals surface area (Å²) in [4.78, 5) is 0. The molecule has 1 aliphatic carbocycles. The van der Waals surface area contributed by atoms with Gasteiger partial charge in [-0.2, -0.15) is 0 Å². The number of hydrogen-bond donors (Lipinski definition) is 1. The molecule has 1 aromatic heterocycles. The summed E-state index contributed by atoms with van der Waals surface area (Å²) in [7, 11) is 0. The molecule has 0 aliphatic heterocycles. The van der Waals surface area contributed by atoms with Crippen molar-refractivity contribution in [2.75, 3.05) is 0 Å². The Kier molecular flexibility index (Phi) is 2.30. The Morgan fingerprint density at radius 2 is 1.93 bits per heavy atom. The first-order valence-corrected chi connectivity index (χ1v) is 5.01. The van der Waals surface area contributed by atoms with Crippen LogP contribution in [-0.4, -0.2) is 11.1 Å². The Labute approximate surface area is 86.6 Å². The molecule has 84 valence electrons. The van der Waals surface area contributed by atoms with Gasteiger partial charge in [-0.05, 0) is 19.8 Å². The number of aryl methyl sites for hydroxylation is 1. The SMILES string of the molecule is Cc1oncc1C1(N)CCC(F)(F)CC1. The zero-order valence-electron chi connectivity index (χ0n) is 8.59. The minimum absolute atomic E-state index is 0.159. The van der Waals surface area contributed by atoms with Crippen molar-refractivity contribution in [3.8, 4) is 0 Å². The van der Waals surface area contributed by atoms with Crippen molar-refractivity contribution in [2.24, 2.45) is 5.73 Å². The van der Waals surface area contributed by atoms with E-state index in [2.05, 4.69) is 5.16 Å². The van der Waals surface area contributed by atoms with Crippen LogP contribution >= 0.6 is 0 Å². The fourth-order valence-electron chi connectivity index (χ4n) is 2.11. The number of rotatable bonds is 1. The highest BCUT2D eigenvalue weighted by molar-refractivity contribution is 5.24. The van der Waals surface area contributed by atoms with Crippen LogP contribution in [0.5, 0.6) is 0 Å². The van der Waals surface area contributed by atoms with Gasteiger partial charge in [0, 0.05) is 23.9 Å². The molecular weight excluding hydrogens is 202 g/mol. The average molecular weight is 216 g/mol. The minimum Gasteiger partial charge on any atom is -0.361 e. The molecule has 1 fully saturated rings. The van der Waals surface area contributed by atoms with Gasteiger partial charge in [0.15, 0.2) is 0 Å². The maximum absolute atomic E-state index is 13.0. The third kappa shape index (κ3) is 1.88. The zero-order valence-corrected chi connectivity index (χ0v) is 8.59. The van der Waals surface area contributed by atoms with E-state index in [1.165, 1.54) is 0 Å².